The minimum absolute atomic E-state index is 0.123. The van der Waals surface area contributed by atoms with Gasteiger partial charge >= 0.3 is 5.97 Å². The molecular weight excluding hydrogens is 210 g/mol. The molecule has 1 rings (SSSR count). The Hall–Kier alpha value is -2.35. The molecule has 5 heteroatoms. The summed E-state index contributed by atoms with van der Waals surface area (Å²) in [4.78, 5) is 20.9. The molecule has 1 aromatic rings. The fraction of sp³-hybridized carbons (Fsp3) is 0.182. The first-order chi connectivity index (χ1) is 7.54. The number of aryl methyl sites for hydroxylation is 1. The van der Waals surface area contributed by atoms with Gasteiger partial charge in [0.15, 0.2) is 0 Å². The Morgan fingerprint density at radius 3 is 2.75 bits per heavy atom. The number of esters is 1. The minimum Gasteiger partial charge on any atom is -0.459 e. The Kier molecular flexibility index (Phi) is 3.62. The summed E-state index contributed by atoms with van der Waals surface area (Å²) in [5, 5.41) is 10.7. The van der Waals surface area contributed by atoms with Gasteiger partial charge in [0.1, 0.15) is 5.56 Å². The van der Waals surface area contributed by atoms with E-state index < -0.39 is 10.9 Å². The maximum Gasteiger partial charge on any atom is 0.384 e. The molecule has 0 bridgehead atoms. The van der Waals surface area contributed by atoms with Crippen LogP contribution in [0.25, 0.3) is 0 Å². The number of rotatable bonds is 1. The number of benzene rings is 1. The highest BCUT2D eigenvalue weighted by molar-refractivity contribution is 5.89. The lowest BCUT2D eigenvalue weighted by Crippen LogP contribution is -1.96. The quantitative estimate of drug-likeness (QED) is 0.310. The van der Waals surface area contributed by atoms with Gasteiger partial charge in [-0.1, -0.05) is 6.07 Å². The number of hydrogen-bond donors (Lipinski definition) is 0. The van der Waals surface area contributed by atoms with Crippen LogP contribution in [0.3, 0.4) is 0 Å². The predicted molar refractivity (Wildman–Crippen MR) is 56.7 cm³/mol. The number of hydrogen-bond acceptors (Lipinski definition) is 4. The van der Waals surface area contributed by atoms with Crippen LogP contribution >= 0.6 is 0 Å². The molecule has 0 saturated heterocycles. The normalized spacial score (nSPS) is 8.88. The molecule has 1 aromatic carbocycles. The second-order valence-corrected chi connectivity index (χ2v) is 3.02. The molecule has 0 N–H and O–H groups in total. The van der Waals surface area contributed by atoms with Crippen molar-refractivity contribution in [3.8, 4) is 11.8 Å². The number of nitro benzene ring substituents is 1. The van der Waals surface area contributed by atoms with Crippen molar-refractivity contribution < 1.29 is 14.5 Å². The van der Waals surface area contributed by atoms with Gasteiger partial charge in [0.2, 0.25) is 0 Å². The van der Waals surface area contributed by atoms with Gasteiger partial charge in [0, 0.05) is 12.0 Å². The van der Waals surface area contributed by atoms with Crippen LogP contribution in [0, 0.1) is 28.9 Å². The van der Waals surface area contributed by atoms with Crippen molar-refractivity contribution in [2.45, 2.75) is 6.92 Å². The van der Waals surface area contributed by atoms with Crippen LogP contribution in [0.1, 0.15) is 11.1 Å². The molecule has 0 radical (unpaired) electrons. The molecule has 0 saturated carbocycles. The summed E-state index contributed by atoms with van der Waals surface area (Å²) in [5.41, 5.74) is 0.914. The number of methoxy groups -OCH3 is 1. The molecule has 0 aliphatic heterocycles. The van der Waals surface area contributed by atoms with Crippen LogP contribution < -0.4 is 0 Å². The first-order valence-corrected chi connectivity index (χ1v) is 4.39. The Labute approximate surface area is 92.2 Å². The number of nitro groups is 1. The van der Waals surface area contributed by atoms with Crippen LogP contribution in [0.4, 0.5) is 5.69 Å². The third-order valence-electron chi connectivity index (χ3n) is 1.83. The Balaban J connectivity index is 3.19. The molecule has 0 spiro atoms. The summed E-state index contributed by atoms with van der Waals surface area (Å²) in [6, 6.07) is 4.52. The number of carbonyl (C=O) groups is 1. The van der Waals surface area contributed by atoms with Crippen LogP contribution in [0.2, 0.25) is 0 Å². The lowest BCUT2D eigenvalue weighted by atomic mass is 10.1. The van der Waals surface area contributed by atoms with E-state index in [0.29, 0.717) is 0 Å². The van der Waals surface area contributed by atoms with Crippen LogP contribution in [0.15, 0.2) is 18.2 Å². The van der Waals surface area contributed by atoms with Crippen molar-refractivity contribution in [1.29, 1.82) is 0 Å². The summed E-state index contributed by atoms with van der Waals surface area (Å²) < 4.78 is 4.32. The molecule has 0 aromatic heterocycles. The lowest BCUT2D eigenvalue weighted by Gasteiger charge is -1.96. The van der Waals surface area contributed by atoms with E-state index in [-0.39, 0.29) is 11.3 Å². The lowest BCUT2D eigenvalue weighted by molar-refractivity contribution is -0.385. The fourth-order valence-corrected chi connectivity index (χ4v) is 1.08. The molecule has 0 unspecified atom stereocenters. The molecule has 0 aliphatic carbocycles. The van der Waals surface area contributed by atoms with E-state index in [4.69, 9.17) is 0 Å². The van der Waals surface area contributed by atoms with Crippen LogP contribution in [-0.4, -0.2) is 18.0 Å². The standard InChI is InChI=1S/C11H9NO4/c1-8-3-5-10(12(14)15)9(7-8)4-6-11(13)16-2/h3,5,7H,1-2H3. The van der Waals surface area contributed by atoms with Gasteiger partial charge in [-0.15, -0.1) is 0 Å². The highest BCUT2D eigenvalue weighted by Crippen LogP contribution is 2.18. The van der Waals surface area contributed by atoms with Gasteiger partial charge in [0.25, 0.3) is 5.69 Å². The van der Waals surface area contributed by atoms with E-state index in [1.165, 1.54) is 13.2 Å². The van der Waals surface area contributed by atoms with Crippen molar-refractivity contribution in [1.82, 2.24) is 0 Å². The van der Waals surface area contributed by atoms with Gasteiger partial charge in [-0.25, -0.2) is 4.79 Å². The highest BCUT2D eigenvalue weighted by atomic mass is 16.6. The van der Waals surface area contributed by atoms with E-state index in [2.05, 4.69) is 16.6 Å². The second-order valence-electron chi connectivity index (χ2n) is 3.02. The van der Waals surface area contributed by atoms with E-state index >= 15 is 0 Å². The van der Waals surface area contributed by atoms with Gasteiger partial charge in [-0.2, -0.15) is 0 Å². The van der Waals surface area contributed by atoms with E-state index in [0.717, 1.165) is 5.56 Å². The van der Waals surface area contributed by atoms with Crippen molar-refractivity contribution in [3.63, 3.8) is 0 Å². The Morgan fingerprint density at radius 2 is 2.19 bits per heavy atom. The van der Waals surface area contributed by atoms with Gasteiger partial charge in [-0.05, 0) is 24.5 Å². The van der Waals surface area contributed by atoms with Crippen molar-refractivity contribution >= 4 is 11.7 Å². The topological polar surface area (TPSA) is 69.4 Å². The highest BCUT2D eigenvalue weighted by Gasteiger charge is 2.11. The SMILES string of the molecule is COC(=O)C#Cc1cc(C)ccc1[N+](=O)[O-]. The van der Waals surface area contributed by atoms with Gasteiger partial charge in [0.05, 0.1) is 12.0 Å². The molecule has 0 aliphatic rings. The zero-order valence-corrected chi connectivity index (χ0v) is 8.81. The number of ether oxygens (including phenoxy) is 1. The summed E-state index contributed by atoms with van der Waals surface area (Å²) in [6.07, 6.45) is 0. The zero-order chi connectivity index (χ0) is 12.1. The Bertz CT molecular complexity index is 496. The maximum atomic E-state index is 10.8. The monoisotopic (exact) mass is 219 g/mol. The first-order valence-electron chi connectivity index (χ1n) is 4.39. The average Bonchev–Trinajstić information content (AvgIpc) is 2.25. The zero-order valence-electron chi connectivity index (χ0n) is 8.81. The minimum atomic E-state index is -0.726. The van der Waals surface area contributed by atoms with Crippen molar-refractivity contribution in [2.75, 3.05) is 7.11 Å². The summed E-state index contributed by atoms with van der Waals surface area (Å²) in [7, 11) is 1.20. The molecule has 0 heterocycles. The average molecular weight is 219 g/mol. The van der Waals surface area contributed by atoms with Crippen molar-refractivity contribution in [2.24, 2.45) is 0 Å². The molecular formula is C11H9NO4. The third-order valence-corrected chi connectivity index (χ3v) is 1.83. The predicted octanol–water partition coefficient (Wildman–Crippen LogP) is 1.43. The Morgan fingerprint density at radius 1 is 1.50 bits per heavy atom. The van der Waals surface area contributed by atoms with Gasteiger partial charge in [-0.3, -0.25) is 10.1 Å². The summed E-state index contributed by atoms with van der Waals surface area (Å²) in [5.74, 6) is 3.85. The van der Waals surface area contributed by atoms with Crippen LogP contribution in [0.5, 0.6) is 0 Å². The molecule has 16 heavy (non-hydrogen) atoms. The van der Waals surface area contributed by atoms with E-state index in [9.17, 15) is 14.9 Å². The molecule has 82 valence electrons. The fourth-order valence-electron chi connectivity index (χ4n) is 1.08. The molecule has 5 nitrogen and oxygen atoms in total. The largest absolute Gasteiger partial charge is 0.459 e. The number of nitrogens with zero attached hydrogens (tertiary/aromatic N) is 1. The van der Waals surface area contributed by atoms with E-state index in [1.807, 2.05) is 0 Å². The summed E-state index contributed by atoms with van der Waals surface area (Å²) >= 11 is 0. The van der Waals surface area contributed by atoms with Gasteiger partial charge < -0.3 is 4.74 Å². The third kappa shape index (κ3) is 2.82. The summed E-state index contributed by atoms with van der Waals surface area (Å²) in [6.45, 7) is 1.78. The van der Waals surface area contributed by atoms with E-state index in [1.54, 1.807) is 19.1 Å². The molecule has 0 atom stereocenters. The molecule has 0 fully saturated rings. The maximum absolute atomic E-state index is 10.8. The van der Waals surface area contributed by atoms with Crippen LogP contribution in [-0.2, 0) is 9.53 Å². The smallest absolute Gasteiger partial charge is 0.384 e. The molecule has 0 amide bonds. The second kappa shape index (κ2) is 4.94. The van der Waals surface area contributed by atoms with Crippen molar-refractivity contribution in [3.05, 3.63) is 39.4 Å². The number of carbonyl (C=O) groups excluding carboxylic acids is 1. The first kappa shape index (κ1) is 11.7.